The van der Waals surface area contributed by atoms with Crippen molar-refractivity contribution >= 4 is 39.1 Å². The smallest absolute Gasteiger partial charge is 0.307 e. The molecule has 0 aliphatic heterocycles. The van der Waals surface area contributed by atoms with Gasteiger partial charge in [-0.3, -0.25) is 9.59 Å². The van der Waals surface area contributed by atoms with Crippen LogP contribution in [0.25, 0.3) is 10.2 Å². The van der Waals surface area contributed by atoms with E-state index in [1.165, 1.54) is 0 Å². The maximum absolute atomic E-state index is 13.5. The van der Waals surface area contributed by atoms with Gasteiger partial charge in [0.1, 0.15) is 0 Å². The van der Waals surface area contributed by atoms with E-state index in [0.717, 1.165) is 39.3 Å². The van der Waals surface area contributed by atoms with E-state index in [0.29, 0.717) is 17.7 Å². The predicted molar refractivity (Wildman–Crippen MR) is 138 cm³/mol. The van der Waals surface area contributed by atoms with Crippen molar-refractivity contribution in [3.05, 3.63) is 94.5 Å². The molecule has 176 valence electrons. The molecule has 0 spiro atoms. The van der Waals surface area contributed by atoms with Crippen LogP contribution in [0.15, 0.2) is 72.8 Å². The Morgan fingerprint density at radius 1 is 1.03 bits per heavy atom. The minimum Gasteiger partial charge on any atom is -0.466 e. The molecule has 0 radical (unpaired) electrons. The maximum Gasteiger partial charge on any atom is 0.307 e. The minimum atomic E-state index is -0.330. The summed E-state index contributed by atoms with van der Waals surface area (Å²) in [5.74, 6) is -0.516. The molecular weight excluding hydrogens is 458 g/mol. The number of esters is 1. The molecule has 0 atom stereocenters. The fraction of sp³-hybridized carbons (Fsp3) is 0.214. The lowest BCUT2D eigenvalue weighted by atomic mass is 10.1. The van der Waals surface area contributed by atoms with Crippen molar-refractivity contribution in [2.24, 2.45) is 0 Å². The molecule has 6 nitrogen and oxygen atoms in total. The molecule has 0 aliphatic rings. The number of benzene rings is 3. The topological polar surface area (TPSA) is 83.3 Å². The van der Waals surface area contributed by atoms with Crippen molar-refractivity contribution in [1.29, 1.82) is 5.26 Å². The molecule has 0 unspecified atom stereocenters. The largest absolute Gasteiger partial charge is 0.466 e. The van der Waals surface area contributed by atoms with Gasteiger partial charge in [-0.15, -0.1) is 11.3 Å². The van der Waals surface area contributed by atoms with Crippen LogP contribution in [0.4, 0.5) is 5.69 Å². The number of rotatable bonds is 9. The number of nitriles is 1. The summed E-state index contributed by atoms with van der Waals surface area (Å²) >= 11 is 1.62. The number of hydrogen-bond acceptors (Lipinski definition) is 6. The Kier molecular flexibility index (Phi) is 7.86. The summed E-state index contributed by atoms with van der Waals surface area (Å²) in [6, 6.07) is 24.6. The van der Waals surface area contributed by atoms with Crippen LogP contribution in [0.5, 0.6) is 0 Å². The van der Waals surface area contributed by atoms with E-state index in [1.807, 2.05) is 72.8 Å². The lowest BCUT2D eigenvalue weighted by Gasteiger charge is -2.22. The van der Waals surface area contributed by atoms with Gasteiger partial charge >= 0.3 is 5.97 Å². The van der Waals surface area contributed by atoms with Crippen molar-refractivity contribution in [2.45, 2.75) is 26.2 Å². The van der Waals surface area contributed by atoms with Gasteiger partial charge in [-0.25, -0.2) is 4.98 Å². The summed E-state index contributed by atoms with van der Waals surface area (Å²) in [7, 11) is 0. The lowest BCUT2D eigenvalue weighted by Crippen LogP contribution is -2.33. The first-order chi connectivity index (χ1) is 17.1. The molecule has 1 aromatic heterocycles. The van der Waals surface area contributed by atoms with Crippen molar-refractivity contribution < 1.29 is 14.3 Å². The molecule has 4 aromatic rings. The maximum atomic E-state index is 13.5. The number of aromatic nitrogens is 1. The number of carbonyl (C=O) groups is 2. The van der Waals surface area contributed by atoms with Crippen LogP contribution in [0.2, 0.25) is 0 Å². The molecule has 0 saturated heterocycles. The predicted octanol–water partition coefficient (Wildman–Crippen LogP) is 5.55. The molecule has 1 heterocycles. The van der Waals surface area contributed by atoms with Gasteiger partial charge in [0.05, 0.1) is 39.9 Å². The molecule has 0 saturated carbocycles. The monoisotopic (exact) mass is 483 g/mol. The second-order valence-electron chi connectivity index (χ2n) is 7.95. The highest BCUT2D eigenvalue weighted by molar-refractivity contribution is 7.18. The molecule has 0 aliphatic carbocycles. The van der Waals surface area contributed by atoms with Crippen LogP contribution in [0.3, 0.4) is 0 Å². The SMILES string of the molecule is CCOC(=O)CCN(C(=O)c1ccc2sc(CCc3ccc(C#N)cc3)nc2c1)c1ccccc1. The van der Waals surface area contributed by atoms with Crippen LogP contribution in [0.1, 0.15) is 39.8 Å². The first-order valence-corrected chi connectivity index (χ1v) is 12.3. The highest BCUT2D eigenvalue weighted by Crippen LogP contribution is 2.26. The number of carbonyl (C=O) groups excluding carboxylic acids is 2. The lowest BCUT2D eigenvalue weighted by molar-refractivity contribution is -0.142. The summed E-state index contributed by atoms with van der Waals surface area (Å²) in [5, 5.41) is 9.94. The Hall–Kier alpha value is -4.02. The molecule has 0 N–H and O–H groups in total. The Bertz CT molecular complexity index is 1360. The number of amides is 1. The quantitative estimate of drug-likeness (QED) is 0.291. The Balaban J connectivity index is 1.51. The number of aryl methyl sites for hydroxylation is 2. The third-order valence-corrected chi connectivity index (χ3v) is 6.64. The molecule has 1 amide bonds. The van der Waals surface area contributed by atoms with Gasteiger partial charge in [0, 0.05) is 24.2 Å². The van der Waals surface area contributed by atoms with Gasteiger partial charge in [-0.1, -0.05) is 30.3 Å². The number of hydrogen-bond donors (Lipinski definition) is 0. The average molecular weight is 484 g/mol. The third kappa shape index (κ3) is 6.11. The Morgan fingerprint density at radius 3 is 2.51 bits per heavy atom. The van der Waals surface area contributed by atoms with Crippen molar-refractivity contribution in [3.8, 4) is 6.07 Å². The van der Waals surface area contributed by atoms with Gasteiger partial charge in [0.15, 0.2) is 0 Å². The Labute approximate surface area is 208 Å². The molecule has 35 heavy (non-hydrogen) atoms. The van der Waals surface area contributed by atoms with Crippen molar-refractivity contribution in [1.82, 2.24) is 4.98 Å². The number of thiazole rings is 1. The summed E-state index contributed by atoms with van der Waals surface area (Å²) in [5.41, 5.74) is 3.84. The zero-order valence-electron chi connectivity index (χ0n) is 19.4. The molecular formula is C28H25N3O3S. The van der Waals surface area contributed by atoms with E-state index in [1.54, 1.807) is 23.2 Å². The number of ether oxygens (including phenoxy) is 1. The molecule has 3 aromatic carbocycles. The molecule has 0 fully saturated rings. The van der Waals surface area contributed by atoms with E-state index in [2.05, 4.69) is 6.07 Å². The zero-order valence-corrected chi connectivity index (χ0v) is 20.3. The highest BCUT2D eigenvalue weighted by atomic mass is 32.1. The van der Waals surface area contributed by atoms with Crippen LogP contribution in [-0.2, 0) is 22.4 Å². The molecule has 4 rings (SSSR count). The van der Waals surface area contributed by atoms with Crippen molar-refractivity contribution in [2.75, 3.05) is 18.1 Å². The minimum absolute atomic E-state index is 0.118. The first kappa shape index (κ1) is 24.1. The molecule has 0 bridgehead atoms. The normalized spacial score (nSPS) is 10.6. The van der Waals surface area contributed by atoms with E-state index in [9.17, 15) is 9.59 Å². The van der Waals surface area contributed by atoms with Crippen LogP contribution in [0, 0.1) is 11.3 Å². The summed E-state index contributed by atoms with van der Waals surface area (Å²) in [6.45, 7) is 2.30. The van der Waals surface area contributed by atoms with E-state index >= 15 is 0 Å². The standard InChI is InChI=1S/C28H25N3O3S/c1-2-34-27(32)16-17-31(23-6-4-3-5-7-23)28(33)22-13-14-25-24(18-22)30-26(35-25)15-12-20-8-10-21(19-29)11-9-20/h3-11,13-14,18H,2,12,15-17H2,1H3. The fourth-order valence-electron chi connectivity index (χ4n) is 3.76. The number of para-hydroxylation sites is 1. The fourth-order valence-corrected chi connectivity index (χ4v) is 4.71. The van der Waals surface area contributed by atoms with Crippen LogP contribution < -0.4 is 4.90 Å². The second kappa shape index (κ2) is 11.4. The van der Waals surface area contributed by atoms with E-state index in [-0.39, 0.29) is 24.8 Å². The summed E-state index contributed by atoms with van der Waals surface area (Å²) < 4.78 is 6.06. The highest BCUT2D eigenvalue weighted by Gasteiger charge is 2.20. The first-order valence-electron chi connectivity index (χ1n) is 11.5. The third-order valence-electron chi connectivity index (χ3n) is 5.55. The number of nitrogens with zero attached hydrogens (tertiary/aromatic N) is 3. The average Bonchev–Trinajstić information content (AvgIpc) is 3.31. The molecule has 7 heteroatoms. The van der Waals surface area contributed by atoms with Crippen LogP contribution in [-0.4, -0.2) is 30.0 Å². The van der Waals surface area contributed by atoms with E-state index < -0.39 is 0 Å². The van der Waals surface area contributed by atoms with Gasteiger partial charge in [0.2, 0.25) is 0 Å². The Morgan fingerprint density at radius 2 is 1.80 bits per heavy atom. The second-order valence-corrected chi connectivity index (χ2v) is 9.06. The summed E-state index contributed by atoms with van der Waals surface area (Å²) in [4.78, 5) is 31.7. The van der Waals surface area contributed by atoms with E-state index in [4.69, 9.17) is 15.0 Å². The number of fused-ring (bicyclic) bond motifs is 1. The van der Waals surface area contributed by atoms with Crippen molar-refractivity contribution in [3.63, 3.8) is 0 Å². The van der Waals surface area contributed by atoms with Gasteiger partial charge in [-0.2, -0.15) is 5.26 Å². The summed E-state index contributed by atoms with van der Waals surface area (Å²) in [6.07, 6.45) is 1.73. The zero-order chi connectivity index (χ0) is 24.6. The number of anilines is 1. The van der Waals surface area contributed by atoms with Crippen LogP contribution >= 0.6 is 11.3 Å². The van der Waals surface area contributed by atoms with Gasteiger partial charge < -0.3 is 9.64 Å². The van der Waals surface area contributed by atoms with Gasteiger partial charge in [0.25, 0.3) is 5.91 Å². The van der Waals surface area contributed by atoms with Gasteiger partial charge in [-0.05, 0) is 61.4 Å².